The first kappa shape index (κ1) is 20.1. The van der Waals surface area contributed by atoms with Gasteiger partial charge in [-0.25, -0.2) is 0 Å². The fraction of sp³-hybridized carbons (Fsp3) is 0.238. The Balaban J connectivity index is 2.11. The van der Waals surface area contributed by atoms with Crippen molar-refractivity contribution in [3.8, 4) is 23.0 Å². The summed E-state index contributed by atoms with van der Waals surface area (Å²) in [5.74, 6) is -1.06. The Morgan fingerprint density at radius 2 is 1.76 bits per heavy atom. The maximum Gasteiger partial charge on any atom is 0.293 e. The smallest absolute Gasteiger partial charge is 0.293 e. The molecule has 1 aliphatic rings. The van der Waals surface area contributed by atoms with Gasteiger partial charge in [-0.05, 0) is 42.8 Å². The number of ether oxygens (including phenoxy) is 3. The molecular formula is C21H21NO7. The topological polar surface area (TPSA) is 114 Å². The van der Waals surface area contributed by atoms with Gasteiger partial charge in [-0.2, -0.15) is 0 Å². The van der Waals surface area contributed by atoms with Gasteiger partial charge in [0.2, 0.25) is 0 Å². The lowest BCUT2D eigenvalue weighted by molar-refractivity contribution is -0.133. The second-order valence-electron chi connectivity index (χ2n) is 6.23. The Hall–Kier alpha value is -3.68. The Labute approximate surface area is 167 Å². The molecule has 1 saturated heterocycles. The summed E-state index contributed by atoms with van der Waals surface area (Å²) in [5, 5.41) is 23.3. The van der Waals surface area contributed by atoms with Crippen LogP contribution < -0.4 is 19.5 Å². The summed E-state index contributed by atoms with van der Waals surface area (Å²) in [7, 11) is 2.93. The van der Waals surface area contributed by atoms with Crippen molar-refractivity contribution in [2.24, 2.45) is 0 Å². The summed E-state index contributed by atoms with van der Waals surface area (Å²) in [6.07, 6.45) is 0. The third-order valence-electron chi connectivity index (χ3n) is 4.54. The SMILES string of the molecule is CCOc1cc(C2NC(=O)C(=O)C2=C(O)c2ccc(OC)c(OC)c2)ccc1O. The van der Waals surface area contributed by atoms with Crippen molar-refractivity contribution in [3.63, 3.8) is 0 Å². The van der Waals surface area contributed by atoms with Crippen LogP contribution in [0.1, 0.15) is 24.1 Å². The number of methoxy groups -OCH3 is 2. The molecule has 2 aromatic carbocycles. The van der Waals surface area contributed by atoms with Crippen LogP contribution in [0.3, 0.4) is 0 Å². The second-order valence-corrected chi connectivity index (χ2v) is 6.23. The number of ketones is 1. The molecular weight excluding hydrogens is 378 g/mol. The van der Waals surface area contributed by atoms with Gasteiger partial charge in [0.05, 0.1) is 32.4 Å². The number of phenols is 1. The first-order valence-corrected chi connectivity index (χ1v) is 8.87. The quantitative estimate of drug-likeness (QED) is 0.388. The zero-order valence-corrected chi connectivity index (χ0v) is 16.2. The van der Waals surface area contributed by atoms with E-state index in [1.165, 1.54) is 32.4 Å². The van der Waals surface area contributed by atoms with Crippen LogP contribution >= 0.6 is 0 Å². The molecule has 0 aromatic heterocycles. The summed E-state index contributed by atoms with van der Waals surface area (Å²) < 4.78 is 15.8. The fourth-order valence-corrected chi connectivity index (χ4v) is 3.14. The molecule has 1 atom stereocenters. The predicted octanol–water partition coefficient (Wildman–Crippen LogP) is 2.52. The van der Waals surface area contributed by atoms with Crippen molar-refractivity contribution in [1.82, 2.24) is 5.32 Å². The number of hydrogen-bond donors (Lipinski definition) is 3. The molecule has 0 spiro atoms. The summed E-state index contributed by atoms with van der Waals surface area (Å²) in [6, 6.07) is 8.22. The van der Waals surface area contributed by atoms with Gasteiger partial charge in [-0.1, -0.05) is 6.07 Å². The van der Waals surface area contributed by atoms with E-state index in [0.29, 0.717) is 23.7 Å². The molecule has 0 bridgehead atoms. The molecule has 0 radical (unpaired) electrons. The normalized spacial score (nSPS) is 17.7. The Morgan fingerprint density at radius 3 is 2.41 bits per heavy atom. The minimum absolute atomic E-state index is 0.0686. The van der Waals surface area contributed by atoms with Crippen LogP contribution in [-0.4, -0.2) is 42.7 Å². The first-order chi connectivity index (χ1) is 13.9. The van der Waals surface area contributed by atoms with Crippen molar-refractivity contribution >= 4 is 17.4 Å². The number of phenolic OH excluding ortho intramolecular Hbond substituents is 1. The van der Waals surface area contributed by atoms with Crippen molar-refractivity contribution in [1.29, 1.82) is 0 Å². The number of benzene rings is 2. The highest BCUT2D eigenvalue weighted by molar-refractivity contribution is 6.46. The van der Waals surface area contributed by atoms with Gasteiger partial charge < -0.3 is 29.7 Å². The summed E-state index contributed by atoms with van der Waals surface area (Å²) in [4.78, 5) is 24.6. The van der Waals surface area contributed by atoms with Crippen LogP contribution in [0, 0.1) is 0 Å². The fourth-order valence-electron chi connectivity index (χ4n) is 3.14. The van der Waals surface area contributed by atoms with Crippen LogP contribution in [0.4, 0.5) is 0 Å². The molecule has 29 heavy (non-hydrogen) atoms. The molecule has 0 aliphatic carbocycles. The van der Waals surface area contributed by atoms with Crippen molar-refractivity contribution < 1.29 is 34.0 Å². The number of amides is 1. The van der Waals surface area contributed by atoms with Crippen LogP contribution in [0.2, 0.25) is 0 Å². The number of aromatic hydroxyl groups is 1. The van der Waals surface area contributed by atoms with Crippen LogP contribution in [0.25, 0.3) is 5.76 Å². The van der Waals surface area contributed by atoms with Crippen molar-refractivity contribution in [3.05, 3.63) is 53.1 Å². The lowest BCUT2D eigenvalue weighted by Crippen LogP contribution is -2.21. The standard InChI is InChI=1S/C21H21NO7/c1-4-29-15-9-11(5-7-13(15)23)18-17(20(25)21(26)22-18)19(24)12-6-8-14(27-2)16(10-12)28-3/h5-10,18,23-24H,4H2,1-3H3,(H,22,26). The van der Waals surface area contributed by atoms with Crippen molar-refractivity contribution in [2.45, 2.75) is 13.0 Å². The molecule has 0 saturated carbocycles. The zero-order valence-electron chi connectivity index (χ0n) is 16.2. The molecule has 1 unspecified atom stereocenters. The van der Waals surface area contributed by atoms with Crippen LogP contribution in [0.5, 0.6) is 23.0 Å². The third kappa shape index (κ3) is 3.69. The van der Waals surface area contributed by atoms with Gasteiger partial charge in [-0.15, -0.1) is 0 Å². The largest absolute Gasteiger partial charge is 0.507 e. The molecule has 2 aromatic rings. The number of hydrogen-bond acceptors (Lipinski definition) is 7. The van der Waals surface area contributed by atoms with Gasteiger partial charge in [0.15, 0.2) is 23.0 Å². The highest BCUT2D eigenvalue weighted by atomic mass is 16.5. The number of aliphatic hydroxyl groups is 1. The average molecular weight is 399 g/mol. The molecule has 1 heterocycles. The van der Waals surface area contributed by atoms with E-state index >= 15 is 0 Å². The zero-order chi connectivity index (χ0) is 21.1. The van der Waals surface area contributed by atoms with E-state index in [1.807, 2.05) is 0 Å². The van der Waals surface area contributed by atoms with Gasteiger partial charge >= 0.3 is 0 Å². The number of nitrogens with one attached hydrogen (secondary N) is 1. The van der Waals surface area contributed by atoms with Crippen LogP contribution in [0.15, 0.2) is 42.0 Å². The molecule has 3 rings (SSSR count). The molecule has 3 N–H and O–H groups in total. The lowest BCUT2D eigenvalue weighted by atomic mass is 9.95. The number of rotatable bonds is 6. The number of Topliss-reactive ketones (excluding diaryl/α,β-unsaturated/α-hetero) is 1. The molecule has 1 fully saturated rings. The molecule has 152 valence electrons. The van der Waals surface area contributed by atoms with E-state index in [9.17, 15) is 19.8 Å². The number of carbonyl (C=O) groups excluding carboxylic acids is 2. The maximum absolute atomic E-state index is 12.5. The number of aliphatic hydroxyl groups excluding tert-OH is 1. The Morgan fingerprint density at radius 1 is 1.03 bits per heavy atom. The van der Waals surface area contributed by atoms with E-state index in [0.717, 1.165) is 0 Å². The van der Waals surface area contributed by atoms with E-state index in [-0.39, 0.29) is 28.4 Å². The van der Waals surface area contributed by atoms with Gasteiger partial charge in [0.25, 0.3) is 11.7 Å². The third-order valence-corrected chi connectivity index (χ3v) is 4.54. The highest BCUT2D eigenvalue weighted by Gasteiger charge is 2.40. The van der Waals surface area contributed by atoms with Gasteiger partial charge in [0.1, 0.15) is 5.76 Å². The van der Waals surface area contributed by atoms with E-state index in [4.69, 9.17) is 14.2 Å². The predicted molar refractivity (Wildman–Crippen MR) is 104 cm³/mol. The summed E-state index contributed by atoms with van der Waals surface area (Å²) >= 11 is 0. The first-order valence-electron chi connectivity index (χ1n) is 8.87. The Bertz CT molecular complexity index is 997. The Kier molecular flexibility index (Phi) is 5.63. The van der Waals surface area contributed by atoms with Gasteiger partial charge in [-0.3, -0.25) is 9.59 Å². The van der Waals surface area contributed by atoms with E-state index in [1.54, 1.807) is 25.1 Å². The second kappa shape index (κ2) is 8.14. The minimum Gasteiger partial charge on any atom is -0.507 e. The van der Waals surface area contributed by atoms with Gasteiger partial charge in [0, 0.05) is 5.56 Å². The van der Waals surface area contributed by atoms with E-state index in [2.05, 4.69) is 5.32 Å². The monoisotopic (exact) mass is 399 g/mol. The van der Waals surface area contributed by atoms with E-state index < -0.39 is 17.7 Å². The number of carbonyl (C=O) groups is 2. The lowest BCUT2D eigenvalue weighted by Gasteiger charge is -2.16. The maximum atomic E-state index is 12.5. The summed E-state index contributed by atoms with van der Waals surface area (Å²) in [5.41, 5.74) is 0.666. The van der Waals surface area contributed by atoms with Crippen molar-refractivity contribution in [2.75, 3.05) is 20.8 Å². The van der Waals surface area contributed by atoms with Crippen LogP contribution in [-0.2, 0) is 9.59 Å². The minimum atomic E-state index is -0.900. The molecule has 8 heteroatoms. The molecule has 1 amide bonds. The molecule has 1 aliphatic heterocycles. The molecule has 8 nitrogen and oxygen atoms in total. The summed E-state index contributed by atoms with van der Waals surface area (Å²) in [6.45, 7) is 2.09. The average Bonchev–Trinajstić information content (AvgIpc) is 3.03. The highest BCUT2D eigenvalue weighted by Crippen LogP contribution is 2.38.